The smallest absolute Gasteiger partial charge is 0.236 e. The normalized spacial score (nSPS) is 16.5. The van der Waals surface area contributed by atoms with Crippen LogP contribution < -0.4 is 10.6 Å². The van der Waals surface area contributed by atoms with Crippen LogP contribution in [-0.2, 0) is 4.79 Å². The van der Waals surface area contributed by atoms with Crippen molar-refractivity contribution in [1.82, 2.24) is 10.6 Å². The van der Waals surface area contributed by atoms with Gasteiger partial charge in [0.15, 0.2) is 0 Å². The highest BCUT2D eigenvalue weighted by molar-refractivity contribution is 5.80. The zero-order valence-electron chi connectivity index (χ0n) is 9.56. The first-order chi connectivity index (χ1) is 5.79. The largest absolute Gasteiger partial charge is 0.358 e. The Kier molecular flexibility index (Phi) is 4.40. The Labute approximate surface area is 81.3 Å². The molecule has 0 aliphatic carbocycles. The molecule has 3 heteroatoms. The van der Waals surface area contributed by atoms with Gasteiger partial charge in [0.25, 0.3) is 0 Å². The molecule has 2 unspecified atom stereocenters. The summed E-state index contributed by atoms with van der Waals surface area (Å²) >= 11 is 0. The van der Waals surface area contributed by atoms with E-state index in [-0.39, 0.29) is 17.4 Å². The molecular weight excluding hydrogens is 164 g/mol. The zero-order chi connectivity index (χ0) is 10.6. The summed E-state index contributed by atoms with van der Waals surface area (Å²) in [5.74, 6) is 0.0381. The molecular formula is C10H22N2O. The van der Waals surface area contributed by atoms with Gasteiger partial charge in [0.1, 0.15) is 0 Å². The predicted molar refractivity (Wildman–Crippen MR) is 55.6 cm³/mol. The minimum Gasteiger partial charge on any atom is -0.358 e. The lowest BCUT2D eigenvalue weighted by molar-refractivity contribution is -0.122. The van der Waals surface area contributed by atoms with Crippen molar-refractivity contribution in [2.75, 3.05) is 7.05 Å². The summed E-state index contributed by atoms with van der Waals surface area (Å²) in [4.78, 5) is 11.2. The number of nitrogens with one attached hydrogen (secondary N) is 2. The van der Waals surface area contributed by atoms with E-state index in [1.54, 1.807) is 7.05 Å². The molecule has 1 amide bonds. The molecule has 78 valence electrons. The molecule has 0 saturated heterocycles. The average molecular weight is 186 g/mol. The van der Waals surface area contributed by atoms with E-state index in [4.69, 9.17) is 0 Å². The number of hydrogen-bond acceptors (Lipinski definition) is 2. The van der Waals surface area contributed by atoms with Crippen molar-refractivity contribution in [3.8, 4) is 0 Å². The van der Waals surface area contributed by atoms with Crippen LogP contribution in [0, 0.1) is 5.41 Å². The number of carbonyl (C=O) groups excluding carboxylic acids is 1. The van der Waals surface area contributed by atoms with Crippen molar-refractivity contribution in [1.29, 1.82) is 0 Å². The van der Waals surface area contributed by atoms with Crippen LogP contribution in [0.5, 0.6) is 0 Å². The van der Waals surface area contributed by atoms with Crippen molar-refractivity contribution in [2.45, 2.75) is 46.7 Å². The Balaban J connectivity index is 4.06. The SMILES string of the molecule is CNC(=O)C(C)NC(C)C(C)(C)C. The van der Waals surface area contributed by atoms with E-state index in [2.05, 4.69) is 38.3 Å². The van der Waals surface area contributed by atoms with Crippen molar-refractivity contribution in [2.24, 2.45) is 5.41 Å². The quantitative estimate of drug-likeness (QED) is 0.694. The second-order valence-corrected chi connectivity index (χ2v) is 4.59. The lowest BCUT2D eigenvalue weighted by Gasteiger charge is -2.30. The highest BCUT2D eigenvalue weighted by Gasteiger charge is 2.23. The minimum atomic E-state index is -0.126. The summed E-state index contributed by atoms with van der Waals surface area (Å²) in [6.45, 7) is 10.4. The van der Waals surface area contributed by atoms with Crippen molar-refractivity contribution >= 4 is 5.91 Å². The third-order valence-corrected chi connectivity index (χ3v) is 2.44. The van der Waals surface area contributed by atoms with Crippen LogP contribution in [0.3, 0.4) is 0 Å². The summed E-state index contributed by atoms with van der Waals surface area (Å²) < 4.78 is 0. The average Bonchev–Trinajstić information content (AvgIpc) is 2.01. The Hall–Kier alpha value is -0.570. The van der Waals surface area contributed by atoms with E-state index in [0.29, 0.717) is 6.04 Å². The molecule has 0 aromatic heterocycles. The highest BCUT2D eigenvalue weighted by Crippen LogP contribution is 2.18. The fourth-order valence-corrected chi connectivity index (χ4v) is 0.917. The number of rotatable bonds is 3. The maximum absolute atomic E-state index is 11.2. The summed E-state index contributed by atoms with van der Waals surface area (Å²) in [6.07, 6.45) is 0. The Morgan fingerprint density at radius 1 is 1.23 bits per heavy atom. The van der Waals surface area contributed by atoms with Gasteiger partial charge >= 0.3 is 0 Å². The third kappa shape index (κ3) is 4.27. The van der Waals surface area contributed by atoms with Gasteiger partial charge in [0, 0.05) is 13.1 Å². The molecule has 13 heavy (non-hydrogen) atoms. The van der Waals surface area contributed by atoms with Gasteiger partial charge in [-0.25, -0.2) is 0 Å². The topological polar surface area (TPSA) is 41.1 Å². The standard InChI is InChI=1S/C10H22N2O/c1-7(9(13)11-6)12-8(2)10(3,4)5/h7-8,12H,1-6H3,(H,11,13). The Morgan fingerprint density at radius 3 is 2.00 bits per heavy atom. The summed E-state index contributed by atoms with van der Waals surface area (Å²) in [6, 6.07) is 0.194. The molecule has 2 N–H and O–H groups in total. The number of likely N-dealkylation sites (N-methyl/N-ethyl adjacent to an activating group) is 1. The summed E-state index contributed by atoms with van der Waals surface area (Å²) in [7, 11) is 1.66. The lowest BCUT2D eigenvalue weighted by Crippen LogP contribution is -2.48. The molecule has 0 aromatic rings. The first-order valence-corrected chi connectivity index (χ1v) is 4.76. The van der Waals surface area contributed by atoms with E-state index in [1.807, 2.05) is 6.92 Å². The molecule has 2 atom stereocenters. The minimum absolute atomic E-state index is 0.0381. The van der Waals surface area contributed by atoms with E-state index >= 15 is 0 Å². The zero-order valence-corrected chi connectivity index (χ0v) is 9.56. The maximum atomic E-state index is 11.2. The predicted octanol–water partition coefficient (Wildman–Crippen LogP) is 1.15. The van der Waals surface area contributed by atoms with E-state index < -0.39 is 0 Å². The van der Waals surface area contributed by atoms with Crippen LogP contribution in [0.4, 0.5) is 0 Å². The van der Waals surface area contributed by atoms with Crippen LogP contribution in [-0.4, -0.2) is 25.0 Å². The summed E-state index contributed by atoms with van der Waals surface area (Å²) in [5.41, 5.74) is 0.183. The molecule has 3 nitrogen and oxygen atoms in total. The molecule has 0 saturated carbocycles. The van der Waals surface area contributed by atoms with Crippen LogP contribution in [0.25, 0.3) is 0 Å². The molecule has 0 aromatic carbocycles. The van der Waals surface area contributed by atoms with Crippen molar-refractivity contribution in [3.05, 3.63) is 0 Å². The lowest BCUT2D eigenvalue weighted by atomic mass is 9.87. The van der Waals surface area contributed by atoms with Gasteiger partial charge in [-0.2, -0.15) is 0 Å². The van der Waals surface area contributed by atoms with E-state index in [0.717, 1.165) is 0 Å². The van der Waals surface area contributed by atoms with Gasteiger partial charge in [-0.3, -0.25) is 4.79 Å². The molecule has 0 heterocycles. The molecule has 0 rings (SSSR count). The number of hydrogen-bond donors (Lipinski definition) is 2. The molecule has 0 aliphatic rings. The molecule has 0 radical (unpaired) electrons. The van der Waals surface area contributed by atoms with Gasteiger partial charge < -0.3 is 10.6 Å². The first kappa shape index (κ1) is 12.4. The number of amides is 1. The molecule has 0 spiro atoms. The molecule has 0 bridgehead atoms. The third-order valence-electron chi connectivity index (χ3n) is 2.44. The molecule has 0 fully saturated rings. The van der Waals surface area contributed by atoms with Gasteiger partial charge in [0.05, 0.1) is 6.04 Å². The van der Waals surface area contributed by atoms with Gasteiger partial charge in [0.2, 0.25) is 5.91 Å². The van der Waals surface area contributed by atoms with Crippen LogP contribution >= 0.6 is 0 Å². The number of carbonyl (C=O) groups is 1. The van der Waals surface area contributed by atoms with Crippen LogP contribution in [0.1, 0.15) is 34.6 Å². The van der Waals surface area contributed by atoms with E-state index in [9.17, 15) is 4.79 Å². The molecule has 0 aliphatic heterocycles. The van der Waals surface area contributed by atoms with Gasteiger partial charge in [-0.05, 0) is 19.3 Å². The van der Waals surface area contributed by atoms with Gasteiger partial charge in [-0.1, -0.05) is 20.8 Å². The van der Waals surface area contributed by atoms with Crippen LogP contribution in [0.2, 0.25) is 0 Å². The highest BCUT2D eigenvalue weighted by atomic mass is 16.2. The second kappa shape index (κ2) is 4.61. The van der Waals surface area contributed by atoms with Gasteiger partial charge in [-0.15, -0.1) is 0 Å². The monoisotopic (exact) mass is 186 g/mol. The maximum Gasteiger partial charge on any atom is 0.236 e. The second-order valence-electron chi connectivity index (χ2n) is 4.59. The fourth-order valence-electron chi connectivity index (χ4n) is 0.917. The Bertz CT molecular complexity index is 172. The van der Waals surface area contributed by atoms with Crippen molar-refractivity contribution < 1.29 is 4.79 Å². The van der Waals surface area contributed by atoms with E-state index in [1.165, 1.54) is 0 Å². The van der Waals surface area contributed by atoms with Crippen molar-refractivity contribution in [3.63, 3.8) is 0 Å². The van der Waals surface area contributed by atoms with Crippen LogP contribution in [0.15, 0.2) is 0 Å². The summed E-state index contributed by atoms with van der Waals surface area (Å²) in [5, 5.41) is 5.88. The Morgan fingerprint density at radius 2 is 1.69 bits per heavy atom. The first-order valence-electron chi connectivity index (χ1n) is 4.76. The fraction of sp³-hybridized carbons (Fsp3) is 0.900.